The Morgan fingerprint density at radius 2 is 0.979 bits per heavy atom. The van der Waals surface area contributed by atoms with Crippen molar-refractivity contribution in [3.8, 4) is 33.6 Å². The fourth-order valence-electron chi connectivity index (χ4n) is 7.48. The van der Waals surface area contributed by atoms with Gasteiger partial charge in [0.2, 0.25) is 0 Å². The molecule has 0 fully saturated rings. The zero-order chi connectivity index (χ0) is 30.9. The summed E-state index contributed by atoms with van der Waals surface area (Å²) in [5, 5.41) is 5.86. The number of furan rings is 1. The summed E-state index contributed by atoms with van der Waals surface area (Å²) in [4.78, 5) is 0. The van der Waals surface area contributed by atoms with Crippen LogP contribution in [-0.4, -0.2) is 9.13 Å². The molecule has 220 valence electrons. The summed E-state index contributed by atoms with van der Waals surface area (Å²) in [6.07, 6.45) is 2.30. The third-order valence-electron chi connectivity index (χ3n) is 9.55. The molecule has 3 heterocycles. The van der Waals surface area contributed by atoms with Crippen LogP contribution in [-0.2, 0) is 0 Å². The molecule has 0 amide bonds. The van der Waals surface area contributed by atoms with Gasteiger partial charge < -0.3 is 13.6 Å². The SMILES string of the molecule is c1ccc(-c2cn(-c3ccccc3)c3c2ccc2c4ccccc4n(-c4cccc5c4oc4c(-c6ccccc6)cccc45)c23)cc1. The van der Waals surface area contributed by atoms with Gasteiger partial charge in [0, 0.05) is 49.9 Å². The van der Waals surface area contributed by atoms with Crippen LogP contribution in [0.1, 0.15) is 0 Å². The van der Waals surface area contributed by atoms with Crippen molar-refractivity contribution in [2.75, 3.05) is 0 Å². The molecule has 0 aliphatic carbocycles. The summed E-state index contributed by atoms with van der Waals surface area (Å²) in [5.41, 5.74) is 12.1. The molecule has 0 aliphatic heterocycles. The van der Waals surface area contributed by atoms with E-state index in [2.05, 4.69) is 179 Å². The Morgan fingerprint density at radius 3 is 1.74 bits per heavy atom. The first-order valence-electron chi connectivity index (χ1n) is 16.0. The van der Waals surface area contributed by atoms with E-state index in [1.807, 2.05) is 0 Å². The summed E-state index contributed by atoms with van der Waals surface area (Å²) in [6, 6.07) is 58.2. The van der Waals surface area contributed by atoms with E-state index in [1.54, 1.807) is 0 Å². The van der Waals surface area contributed by atoms with Crippen molar-refractivity contribution in [2.24, 2.45) is 0 Å². The first-order valence-corrected chi connectivity index (χ1v) is 16.0. The molecule has 0 radical (unpaired) electrons. The van der Waals surface area contributed by atoms with Crippen LogP contribution >= 0.6 is 0 Å². The van der Waals surface area contributed by atoms with Crippen LogP contribution in [0.25, 0.3) is 88.3 Å². The maximum absolute atomic E-state index is 6.96. The minimum absolute atomic E-state index is 0.881. The number of rotatable bonds is 4. The van der Waals surface area contributed by atoms with Gasteiger partial charge in [-0.1, -0.05) is 140 Å². The van der Waals surface area contributed by atoms with Crippen molar-refractivity contribution in [3.05, 3.63) is 170 Å². The van der Waals surface area contributed by atoms with Gasteiger partial charge in [-0.25, -0.2) is 0 Å². The lowest BCUT2D eigenvalue weighted by molar-refractivity contribution is 0.667. The maximum Gasteiger partial charge on any atom is 0.159 e. The molecule has 0 saturated carbocycles. The zero-order valence-electron chi connectivity index (χ0n) is 25.5. The number of para-hydroxylation sites is 4. The molecule has 10 aromatic rings. The van der Waals surface area contributed by atoms with Crippen LogP contribution < -0.4 is 0 Å². The highest BCUT2D eigenvalue weighted by molar-refractivity contribution is 6.21. The van der Waals surface area contributed by atoms with Crippen LogP contribution in [0.2, 0.25) is 0 Å². The molecule has 47 heavy (non-hydrogen) atoms. The van der Waals surface area contributed by atoms with Crippen LogP contribution in [0.15, 0.2) is 174 Å². The second kappa shape index (κ2) is 10.1. The number of hydrogen-bond donors (Lipinski definition) is 0. The van der Waals surface area contributed by atoms with Crippen LogP contribution in [0.4, 0.5) is 0 Å². The molecule has 3 heteroatoms. The Hall–Kier alpha value is -6.32. The van der Waals surface area contributed by atoms with Crippen LogP contribution in [0.3, 0.4) is 0 Å². The van der Waals surface area contributed by atoms with Gasteiger partial charge in [0.25, 0.3) is 0 Å². The Balaban J connectivity index is 1.37. The van der Waals surface area contributed by atoms with E-state index in [9.17, 15) is 0 Å². The van der Waals surface area contributed by atoms with Crippen LogP contribution in [0, 0.1) is 0 Å². The van der Waals surface area contributed by atoms with Gasteiger partial charge in [0.05, 0.1) is 22.2 Å². The Labute approximate surface area is 271 Å². The number of benzene rings is 7. The Kier molecular flexibility index (Phi) is 5.57. The predicted molar refractivity (Wildman–Crippen MR) is 196 cm³/mol. The summed E-state index contributed by atoms with van der Waals surface area (Å²) >= 11 is 0. The monoisotopic (exact) mass is 600 g/mol. The highest BCUT2D eigenvalue weighted by Gasteiger charge is 2.23. The molecule has 3 aromatic heterocycles. The maximum atomic E-state index is 6.96. The van der Waals surface area contributed by atoms with Crippen molar-refractivity contribution in [2.45, 2.75) is 0 Å². The second-order valence-corrected chi connectivity index (χ2v) is 12.1. The van der Waals surface area contributed by atoms with E-state index in [0.29, 0.717) is 0 Å². The number of fused-ring (bicyclic) bond motifs is 8. The normalized spacial score (nSPS) is 11.8. The molecule has 10 rings (SSSR count). The summed E-state index contributed by atoms with van der Waals surface area (Å²) in [7, 11) is 0. The highest BCUT2D eigenvalue weighted by atomic mass is 16.3. The molecular weight excluding hydrogens is 572 g/mol. The topological polar surface area (TPSA) is 23.0 Å². The average Bonchev–Trinajstić information content (AvgIpc) is 3.83. The third-order valence-corrected chi connectivity index (χ3v) is 9.55. The number of aromatic nitrogens is 2. The zero-order valence-corrected chi connectivity index (χ0v) is 25.5. The minimum Gasteiger partial charge on any atom is -0.453 e. The smallest absolute Gasteiger partial charge is 0.159 e. The van der Waals surface area contributed by atoms with E-state index in [0.717, 1.165) is 55.5 Å². The van der Waals surface area contributed by atoms with Crippen molar-refractivity contribution in [1.82, 2.24) is 9.13 Å². The van der Waals surface area contributed by atoms with Crippen LogP contribution in [0.5, 0.6) is 0 Å². The molecule has 0 spiro atoms. The summed E-state index contributed by atoms with van der Waals surface area (Å²) in [5.74, 6) is 0. The van der Waals surface area contributed by atoms with E-state index >= 15 is 0 Å². The van der Waals surface area contributed by atoms with Gasteiger partial charge in [-0.15, -0.1) is 0 Å². The molecular formula is C44H28N2O. The molecule has 0 unspecified atom stereocenters. The van der Waals surface area contributed by atoms with Gasteiger partial charge in [0.1, 0.15) is 5.58 Å². The molecule has 0 N–H and O–H groups in total. The van der Waals surface area contributed by atoms with E-state index in [-0.39, 0.29) is 0 Å². The number of nitrogens with zero attached hydrogens (tertiary/aromatic N) is 2. The summed E-state index contributed by atoms with van der Waals surface area (Å²) in [6.45, 7) is 0. The molecule has 3 nitrogen and oxygen atoms in total. The van der Waals surface area contributed by atoms with Crippen molar-refractivity contribution in [3.63, 3.8) is 0 Å². The number of hydrogen-bond acceptors (Lipinski definition) is 1. The lowest BCUT2D eigenvalue weighted by Gasteiger charge is -2.12. The van der Waals surface area contributed by atoms with Crippen molar-refractivity contribution < 1.29 is 4.42 Å². The molecule has 7 aromatic carbocycles. The minimum atomic E-state index is 0.881. The van der Waals surface area contributed by atoms with Gasteiger partial charge >= 0.3 is 0 Å². The van der Waals surface area contributed by atoms with Crippen molar-refractivity contribution in [1.29, 1.82) is 0 Å². The lowest BCUT2D eigenvalue weighted by atomic mass is 10.0. The summed E-state index contributed by atoms with van der Waals surface area (Å²) < 4.78 is 11.8. The predicted octanol–water partition coefficient (Wildman–Crippen LogP) is 12.0. The Bertz CT molecular complexity index is 2770. The first kappa shape index (κ1) is 26.0. The first-order chi connectivity index (χ1) is 23.3. The lowest BCUT2D eigenvalue weighted by Crippen LogP contribution is -1.98. The quantitative estimate of drug-likeness (QED) is 0.197. The van der Waals surface area contributed by atoms with Gasteiger partial charge in [-0.05, 0) is 35.4 Å². The van der Waals surface area contributed by atoms with Crippen molar-refractivity contribution >= 4 is 54.6 Å². The highest BCUT2D eigenvalue weighted by Crippen LogP contribution is 2.44. The van der Waals surface area contributed by atoms with Gasteiger partial charge in [-0.2, -0.15) is 0 Å². The Morgan fingerprint density at radius 1 is 0.383 bits per heavy atom. The van der Waals surface area contributed by atoms with Gasteiger partial charge in [0.15, 0.2) is 5.58 Å². The molecule has 0 bridgehead atoms. The fraction of sp³-hybridized carbons (Fsp3) is 0. The van der Waals surface area contributed by atoms with E-state index in [4.69, 9.17) is 4.42 Å². The molecule has 0 atom stereocenters. The largest absolute Gasteiger partial charge is 0.453 e. The standard InChI is InChI=1S/C44H28N2O/c1-4-14-29(15-5-1)32-21-12-22-36-37-23-13-25-40(44(37)47-43(32)36)46-39-24-11-10-20-33(39)34-26-27-35-38(30-16-6-2-7-17-30)28-45(41(35)42(34)46)31-18-8-3-9-19-31/h1-28H. The second-order valence-electron chi connectivity index (χ2n) is 12.1. The molecule has 0 aliphatic rings. The molecule has 0 saturated heterocycles. The third kappa shape index (κ3) is 3.81. The van der Waals surface area contributed by atoms with E-state index in [1.165, 1.54) is 32.8 Å². The van der Waals surface area contributed by atoms with E-state index < -0.39 is 0 Å². The fourth-order valence-corrected chi connectivity index (χ4v) is 7.48. The van der Waals surface area contributed by atoms with Gasteiger partial charge in [-0.3, -0.25) is 0 Å². The average molecular weight is 601 g/mol.